The number of fused-ring (bicyclic) bond motifs is 3. The molecule has 4 nitrogen and oxygen atoms in total. The van der Waals surface area contributed by atoms with E-state index in [0.29, 0.717) is 6.61 Å². The highest BCUT2D eigenvalue weighted by atomic mass is 16.5. The van der Waals surface area contributed by atoms with Crippen LogP contribution in [0.25, 0.3) is 0 Å². The summed E-state index contributed by atoms with van der Waals surface area (Å²) in [6.07, 6.45) is 8.67. The molecule has 1 heterocycles. The Morgan fingerprint density at radius 1 is 1.33 bits per heavy atom. The van der Waals surface area contributed by atoms with Crippen LogP contribution in [0.15, 0.2) is 23.8 Å². The van der Waals surface area contributed by atoms with Crippen LogP contribution in [0.4, 0.5) is 0 Å². The van der Waals surface area contributed by atoms with Gasteiger partial charge >= 0.3 is 11.9 Å². The van der Waals surface area contributed by atoms with Gasteiger partial charge in [-0.1, -0.05) is 25.5 Å². The molecular formula is C17H22O4. The quantitative estimate of drug-likeness (QED) is 0.550. The Labute approximate surface area is 125 Å². The standard InChI is InChI=1S/C17H22O4/c1-16-7-4-8-17(2,15(19)20-3)13(16)6-5-11-10-21-14(18)9-12(11)16/h5-6,9,11,13H,4,7-8,10H2,1-3H3/t11?,13-,16-,17+/m1/s1. The van der Waals surface area contributed by atoms with Gasteiger partial charge in [0.15, 0.2) is 0 Å². The molecule has 0 N–H and O–H groups in total. The first-order valence-corrected chi connectivity index (χ1v) is 7.57. The number of ether oxygens (including phenoxy) is 2. The number of esters is 2. The predicted molar refractivity (Wildman–Crippen MR) is 77.2 cm³/mol. The second-order valence-corrected chi connectivity index (χ2v) is 6.88. The summed E-state index contributed by atoms with van der Waals surface area (Å²) in [4.78, 5) is 24.0. The van der Waals surface area contributed by atoms with Crippen LogP contribution in [0.5, 0.6) is 0 Å². The van der Waals surface area contributed by atoms with Gasteiger partial charge in [0.1, 0.15) is 6.61 Å². The van der Waals surface area contributed by atoms with Crippen molar-refractivity contribution in [2.45, 2.75) is 33.1 Å². The molecule has 0 amide bonds. The van der Waals surface area contributed by atoms with Crippen LogP contribution in [-0.2, 0) is 19.1 Å². The molecule has 1 saturated carbocycles. The topological polar surface area (TPSA) is 52.6 Å². The van der Waals surface area contributed by atoms with E-state index in [1.807, 2.05) is 6.92 Å². The van der Waals surface area contributed by atoms with Gasteiger partial charge in [-0.25, -0.2) is 4.79 Å². The van der Waals surface area contributed by atoms with Crippen LogP contribution in [0, 0.1) is 22.7 Å². The molecule has 2 aliphatic carbocycles. The van der Waals surface area contributed by atoms with Gasteiger partial charge in [0.25, 0.3) is 0 Å². The van der Waals surface area contributed by atoms with Crippen molar-refractivity contribution >= 4 is 11.9 Å². The summed E-state index contributed by atoms with van der Waals surface area (Å²) in [7, 11) is 1.45. The maximum Gasteiger partial charge on any atom is 0.330 e. The summed E-state index contributed by atoms with van der Waals surface area (Å²) in [6.45, 7) is 4.59. The summed E-state index contributed by atoms with van der Waals surface area (Å²) in [5.74, 6) is -0.189. The van der Waals surface area contributed by atoms with Crippen molar-refractivity contribution in [3.8, 4) is 0 Å². The first-order valence-electron chi connectivity index (χ1n) is 7.57. The average Bonchev–Trinajstić information content (AvgIpc) is 2.46. The van der Waals surface area contributed by atoms with E-state index in [9.17, 15) is 9.59 Å². The molecule has 1 fully saturated rings. The molecule has 1 aliphatic heterocycles. The molecule has 114 valence electrons. The van der Waals surface area contributed by atoms with E-state index in [0.717, 1.165) is 24.8 Å². The molecule has 0 bridgehead atoms. The van der Waals surface area contributed by atoms with Crippen molar-refractivity contribution in [3.63, 3.8) is 0 Å². The van der Waals surface area contributed by atoms with Gasteiger partial charge in [0, 0.05) is 17.9 Å². The SMILES string of the molecule is COC(=O)[C@@]1(C)CCC[C@]2(C)C3=CC(=O)OCC3C=C[C@@H]12. The molecule has 4 heteroatoms. The molecule has 0 radical (unpaired) electrons. The van der Waals surface area contributed by atoms with Crippen LogP contribution in [0.1, 0.15) is 33.1 Å². The van der Waals surface area contributed by atoms with E-state index in [-0.39, 0.29) is 29.2 Å². The highest BCUT2D eigenvalue weighted by Gasteiger charge is 2.56. The van der Waals surface area contributed by atoms with Crippen LogP contribution in [0.2, 0.25) is 0 Å². The Hall–Kier alpha value is -1.58. The zero-order valence-corrected chi connectivity index (χ0v) is 12.8. The summed E-state index contributed by atoms with van der Waals surface area (Å²) >= 11 is 0. The van der Waals surface area contributed by atoms with Gasteiger partial charge in [0.05, 0.1) is 12.5 Å². The zero-order chi connectivity index (χ0) is 15.3. The molecule has 3 rings (SSSR count). The fraction of sp³-hybridized carbons (Fsp3) is 0.647. The summed E-state index contributed by atoms with van der Waals surface area (Å²) < 4.78 is 10.2. The number of hydrogen-bond donors (Lipinski definition) is 0. The highest BCUT2D eigenvalue weighted by molar-refractivity contribution is 5.85. The lowest BCUT2D eigenvalue weighted by atomic mass is 9.50. The van der Waals surface area contributed by atoms with Gasteiger partial charge < -0.3 is 9.47 Å². The third-order valence-electron chi connectivity index (χ3n) is 5.69. The molecule has 1 unspecified atom stereocenters. The van der Waals surface area contributed by atoms with Gasteiger partial charge in [-0.15, -0.1) is 0 Å². The fourth-order valence-corrected chi connectivity index (χ4v) is 4.58. The van der Waals surface area contributed by atoms with Crippen LogP contribution in [-0.4, -0.2) is 25.7 Å². The van der Waals surface area contributed by atoms with Gasteiger partial charge in [-0.3, -0.25) is 4.79 Å². The fourth-order valence-electron chi connectivity index (χ4n) is 4.58. The first kappa shape index (κ1) is 14.4. The maximum atomic E-state index is 12.3. The zero-order valence-electron chi connectivity index (χ0n) is 12.8. The van der Waals surface area contributed by atoms with Crippen LogP contribution >= 0.6 is 0 Å². The largest absolute Gasteiger partial charge is 0.469 e. The number of hydrogen-bond acceptors (Lipinski definition) is 4. The van der Waals surface area contributed by atoms with E-state index in [4.69, 9.17) is 9.47 Å². The Kier molecular flexibility index (Phi) is 3.23. The van der Waals surface area contributed by atoms with E-state index in [1.54, 1.807) is 6.08 Å². The second kappa shape index (κ2) is 4.72. The van der Waals surface area contributed by atoms with Crippen LogP contribution in [0.3, 0.4) is 0 Å². The molecule has 0 aromatic carbocycles. The molecule has 0 spiro atoms. The van der Waals surface area contributed by atoms with Gasteiger partial charge in [-0.2, -0.15) is 0 Å². The third kappa shape index (κ3) is 1.95. The lowest BCUT2D eigenvalue weighted by Gasteiger charge is -2.54. The van der Waals surface area contributed by atoms with Gasteiger partial charge in [-0.05, 0) is 30.8 Å². The van der Waals surface area contributed by atoms with Crippen molar-refractivity contribution in [3.05, 3.63) is 23.8 Å². The van der Waals surface area contributed by atoms with E-state index >= 15 is 0 Å². The Balaban J connectivity index is 2.08. The third-order valence-corrected chi connectivity index (χ3v) is 5.69. The normalized spacial score (nSPS) is 41.5. The van der Waals surface area contributed by atoms with Crippen molar-refractivity contribution in [2.24, 2.45) is 22.7 Å². The molecule has 0 aromatic rings. The maximum absolute atomic E-state index is 12.3. The number of rotatable bonds is 1. The Bertz CT molecular complexity index is 547. The predicted octanol–water partition coefficient (Wildman–Crippen LogP) is 2.64. The molecule has 0 aromatic heterocycles. The monoisotopic (exact) mass is 290 g/mol. The minimum Gasteiger partial charge on any atom is -0.469 e. The Morgan fingerprint density at radius 3 is 2.81 bits per heavy atom. The minimum atomic E-state index is -0.522. The van der Waals surface area contributed by atoms with Crippen molar-refractivity contribution in [1.82, 2.24) is 0 Å². The Morgan fingerprint density at radius 2 is 2.10 bits per heavy atom. The van der Waals surface area contributed by atoms with E-state index in [2.05, 4.69) is 19.1 Å². The molecular weight excluding hydrogens is 268 g/mol. The number of allylic oxidation sites excluding steroid dienone is 1. The van der Waals surface area contributed by atoms with Crippen molar-refractivity contribution in [2.75, 3.05) is 13.7 Å². The van der Waals surface area contributed by atoms with Crippen LogP contribution < -0.4 is 0 Å². The number of cyclic esters (lactones) is 1. The van der Waals surface area contributed by atoms with E-state index in [1.165, 1.54) is 7.11 Å². The van der Waals surface area contributed by atoms with Crippen molar-refractivity contribution < 1.29 is 19.1 Å². The molecule has 21 heavy (non-hydrogen) atoms. The minimum absolute atomic E-state index is 0.0691. The lowest BCUT2D eigenvalue weighted by molar-refractivity contribution is -0.160. The summed E-state index contributed by atoms with van der Waals surface area (Å²) in [5, 5.41) is 0. The molecule has 0 saturated heterocycles. The highest BCUT2D eigenvalue weighted by Crippen LogP contribution is 2.59. The van der Waals surface area contributed by atoms with E-state index < -0.39 is 5.41 Å². The van der Waals surface area contributed by atoms with Gasteiger partial charge in [0.2, 0.25) is 0 Å². The molecule has 3 aliphatic rings. The smallest absolute Gasteiger partial charge is 0.330 e. The van der Waals surface area contributed by atoms with Crippen molar-refractivity contribution in [1.29, 1.82) is 0 Å². The number of carbonyl (C=O) groups is 2. The molecule has 4 atom stereocenters. The first-order chi connectivity index (χ1) is 9.91. The number of methoxy groups -OCH3 is 1. The summed E-state index contributed by atoms with van der Waals surface area (Å²) in [5.41, 5.74) is 0.437. The number of carbonyl (C=O) groups excluding carboxylic acids is 2. The lowest BCUT2D eigenvalue weighted by Crippen LogP contribution is -2.51. The summed E-state index contributed by atoms with van der Waals surface area (Å²) in [6, 6.07) is 0. The second-order valence-electron chi connectivity index (χ2n) is 6.88. The average molecular weight is 290 g/mol.